The van der Waals surface area contributed by atoms with Gasteiger partial charge in [0, 0.05) is 24.8 Å². The van der Waals surface area contributed by atoms with E-state index in [0.717, 1.165) is 5.56 Å². The lowest BCUT2D eigenvalue weighted by atomic mass is 9.79. The van der Waals surface area contributed by atoms with Gasteiger partial charge in [0.1, 0.15) is 5.41 Å². The number of nitrogens with one attached hydrogen (secondary N) is 1. The molecule has 0 spiro atoms. The molecule has 1 aromatic carbocycles. The maximum atomic E-state index is 12.5. The molecule has 1 amide bonds. The number of hydrogen-bond acceptors (Lipinski definition) is 3. The van der Waals surface area contributed by atoms with E-state index in [1.54, 1.807) is 6.07 Å². The Morgan fingerprint density at radius 1 is 1.45 bits per heavy atom. The number of rotatable bonds is 4. The number of ether oxygens (including phenoxy) is 1. The van der Waals surface area contributed by atoms with Gasteiger partial charge in [-0.15, -0.1) is 0 Å². The van der Waals surface area contributed by atoms with E-state index in [0.29, 0.717) is 37.6 Å². The van der Waals surface area contributed by atoms with E-state index in [9.17, 15) is 4.79 Å². The highest BCUT2D eigenvalue weighted by atomic mass is 35.5. The predicted octanol–water partition coefficient (Wildman–Crippen LogP) is 2.04. The van der Waals surface area contributed by atoms with Gasteiger partial charge in [-0.2, -0.15) is 0 Å². The summed E-state index contributed by atoms with van der Waals surface area (Å²) >= 11 is 11.0. The summed E-state index contributed by atoms with van der Waals surface area (Å²) in [5, 5.41) is 3.54. The SMILES string of the molecule is NC(=S)C1(C(=O)NCc2cccc(Cl)c2)CCOCC1. The highest BCUT2D eigenvalue weighted by Crippen LogP contribution is 2.31. The first-order valence-electron chi connectivity index (χ1n) is 6.45. The van der Waals surface area contributed by atoms with Crippen LogP contribution in [-0.4, -0.2) is 24.1 Å². The molecule has 108 valence electrons. The maximum absolute atomic E-state index is 12.5. The first-order chi connectivity index (χ1) is 9.54. The van der Waals surface area contributed by atoms with Crippen molar-refractivity contribution in [3.63, 3.8) is 0 Å². The molecule has 1 heterocycles. The minimum Gasteiger partial charge on any atom is -0.392 e. The average molecular weight is 313 g/mol. The number of carbonyl (C=O) groups excluding carboxylic acids is 1. The first-order valence-corrected chi connectivity index (χ1v) is 7.24. The van der Waals surface area contributed by atoms with Crippen LogP contribution in [-0.2, 0) is 16.1 Å². The van der Waals surface area contributed by atoms with E-state index in [1.165, 1.54) is 0 Å². The normalized spacial score (nSPS) is 17.4. The molecule has 0 atom stereocenters. The largest absolute Gasteiger partial charge is 0.392 e. The molecule has 1 aliphatic rings. The van der Waals surface area contributed by atoms with E-state index in [1.807, 2.05) is 18.2 Å². The van der Waals surface area contributed by atoms with Gasteiger partial charge >= 0.3 is 0 Å². The van der Waals surface area contributed by atoms with Gasteiger partial charge < -0.3 is 15.8 Å². The van der Waals surface area contributed by atoms with E-state index in [2.05, 4.69) is 5.32 Å². The first kappa shape index (κ1) is 15.2. The van der Waals surface area contributed by atoms with Crippen LogP contribution in [0, 0.1) is 5.41 Å². The summed E-state index contributed by atoms with van der Waals surface area (Å²) in [6, 6.07) is 7.37. The monoisotopic (exact) mass is 312 g/mol. The van der Waals surface area contributed by atoms with Crippen molar-refractivity contribution in [3.05, 3.63) is 34.9 Å². The summed E-state index contributed by atoms with van der Waals surface area (Å²) in [5.41, 5.74) is 5.95. The van der Waals surface area contributed by atoms with Crippen LogP contribution in [0.3, 0.4) is 0 Å². The van der Waals surface area contributed by atoms with E-state index < -0.39 is 5.41 Å². The molecule has 6 heteroatoms. The lowest BCUT2D eigenvalue weighted by Crippen LogP contribution is -2.51. The Labute approximate surface area is 128 Å². The molecular weight excluding hydrogens is 296 g/mol. The zero-order valence-electron chi connectivity index (χ0n) is 11.0. The van der Waals surface area contributed by atoms with Crippen molar-refractivity contribution in [2.75, 3.05) is 13.2 Å². The number of amides is 1. The van der Waals surface area contributed by atoms with Gasteiger partial charge in [0.05, 0.1) is 4.99 Å². The number of thiocarbonyl (C=S) groups is 1. The fraction of sp³-hybridized carbons (Fsp3) is 0.429. The van der Waals surface area contributed by atoms with Crippen LogP contribution in [0.1, 0.15) is 18.4 Å². The van der Waals surface area contributed by atoms with Crippen LogP contribution in [0.2, 0.25) is 5.02 Å². The summed E-state index contributed by atoms with van der Waals surface area (Å²) in [7, 11) is 0. The minimum atomic E-state index is -0.786. The number of hydrogen-bond donors (Lipinski definition) is 2. The molecule has 4 nitrogen and oxygen atoms in total. The van der Waals surface area contributed by atoms with Crippen LogP contribution < -0.4 is 11.1 Å². The standard InChI is InChI=1S/C14H17ClN2O2S/c15-11-3-1-2-10(8-11)9-17-13(18)14(12(16)20)4-6-19-7-5-14/h1-3,8H,4-7,9H2,(H2,16,20)(H,17,18). The van der Waals surface area contributed by atoms with Crippen LogP contribution >= 0.6 is 23.8 Å². The van der Waals surface area contributed by atoms with Crippen molar-refractivity contribution in [1.29, 1.82) is 0 Å². The Bertz CT molecular complexity index is 516. The molecule has 1 aromatic rings. The zero-order valence-corrected chi connectivity index (χ0v) is 12.6. The zero-order chi connectivity index (χ0) is 14.6. The van der Waals surface area contributed by atoms with Crippen molar-refractivity contribution >= 4 is 34.7 Å². The second-order valence-electron chi connectivity index (χ2n) is 4.87. The third-order valence-corrected chi connectivity index (χ3v) is 4.22. The Balaban J connectivity index is 2.04. The Morgan fingerprint density at radius 2 is 2.15 bits per heavy atom. The maximum Gasteiger partial charge on any atom is 0.233 e. The van der Waals surface area contributed by atoms with Gasteiger partial charge in [0.2, 0.25) is 5.91 Å². The van der Waals surface area contributed by atoms with Crippen molar-refractivity contribution in [3.8, 4) is 0 Å². The van der Waals surface area contributed by atoms with Gasteiger partial charge in [0.15, 0.2) is 0 Å². The highest BCUT2D eigenvalue weighted by Gasteiger charge is 2.42. The fourth-order valence-corrected chi connectivity index (χ4v) is 2.81. The Hall–Kier alpha value is -1.17. The van der Waals surface area contributed by atoms with Crippen LogP contribution in [0.5, 0.6) is 0 Å². The minimum absolute atomic E-state index is 0.131. The predicted molar refractivity (Wildman–Crippen MR) is 82.6 cm³/mol. The topological polar surface area (TPSA) is 64.4 Å². The van der Waals surface area contributed by atoms with Gasteiger partial charge in [-0.25, -0.2) is 0 Å². The van der Waals surface area contributed by atoms with Crippen molar-refractivity contribution < 1.29 is 9.53 Å². The number of nitrogens with two attached hydrogens (primary N) is 1. The van der Waals surface area contributed by atoms with Crippen LogP contribution in [0.4, 0.5) is 0 Å². The highest BCUT2D eigenvalue weighted by molar-refractivity contribution is 7.80. The summed E-state index contributed by atoms with van der Waals surface area (Å²) in [6.07, 6.45) is 1.06. The number of carbonyl (C=O) groups is 1. The van der Waals surface area contributed by atoms with Gasteiger partial charge in [-0.3, -0.25) is 4.79 Å². The van der Waals surface area contributed by atoms with E-state index in [4.69, 9.17) is 34.3 Å². The van der Waals surface area contributed by atoms with Crippen LogP contribution in [0.25, 0.3) is 0 Å². The molecule has 0 bridgehead atoms. The molecule has 20 heavy (non-hydrogen) atoms. The molecule has 0 unspecified atom stereocenters. The molecule has 2 rings (SSSR count). The summed E-state index contributed by atoms with van der Waals surface area (Å²) in [6.45, 7) is 1.41. The molecule has 0 aliphatic carbocycles. The van der Waals surface area contributed by atoms with Gasteiger partial charge in [-0.1, -0.05) is 36.0 Å². The molecule has 0 aromatic heterocycles. The summed E-state index contributed by atoms with van der Waals surface area (Å²) in [5.74, 6) is -0.131. The van der Waals surface area contributed by atoms with Gasteiger partial charge in [0.25, 0.3) is 0 Å². The van der Waals surface area contributed by atoms with Crippen molar-refractivity contribution in [1.82, 2.24) is 5.32 Å². The molecule has 1 saturated heterocycles. The molecule has 1 aliphatic heterocycles. The fourth-order valence-electron chi connectivity index (χ4n) is 2.30. The molecular formula is C14H17ClN2O2S. The lowest BCUT2D eigenvalue weighted by Gasteiger charge is -2.34. The summed E-state index contributed by atoms with van der Waals surface area (Å²) < 4.78 is 5.29. The van der Waals surface area contributed by atoms with Gasteiger partial charge in [-0.05, 0) is 30.5 Å². The molecule has 1 fully saturated rings. The second-order valence-corrected chi connectivity index (χ2v) is 5.75. The third kappa shape index (κ3) is 3.29. The molecule has 0 radical (unpaired) electrons. The molecule has 3 N–H and O–H groups in total. The summed E-state index contributed by atoms with van der Waals surface area (Å²) in [4.78, 5) is 12.7. The smallest absolute Gasteiger partial charge is 0.233 e. The number of halogens is 1. The molecule has 0 saturated carbocycles. The van der Waals surface area contributed by atoms with Crippen LogP contribution in [0.15, 0.2) is 24.3 Å². The Morgan fingerprint density at radius 3 is 2.75 bits per heavy atom. The van der Waals surface area contributed by atoms with E-state index >= 15 is 0 Å². The average Bonchev–Trinajstić information content (AvgIpc) is 2.45. The van der Waals surface area contributed by atoms with Crippen molar-refractivity contribution in [2.45, 2.75) is 19.4 Å². The van der Waals surface area contributed by atoms with E-state index in [-0.39, 0.29) is 10.9 Å². The third-order valence-electron chi connectivity index (χ3n) is 3.59. The second kappa shape index (κ2) is 6.52. The Kier molecular flexibility index (Phi) is 4.96. The quantitative estimate of drug-likeness (QED) is 0.835. The number of benzene rings is 1. The lowest BCUT2D eigenvalue weighted by molar-refractivity contribution is -0.131. The van der Waals surface area contributed by atoms with Crippen molar-refractivity contribution in [2.24, 2.45) is 11.1 Å².